The maximum Gasteiger partial charge on any atom is 0.309 e. The van der Waals surface area contributed by atoms with E-state index in [-0.39, 0.29) is 11.5 Å². The Hall–Kier alpha value is -1.40. The van der Waals surface area contributed by atoms with Crippen molar-refractivity contribution in [3.8, 4) is 0 Å². The third kappa shape index (κ3) is 3.44. The molecule has 2 fully saturated rings. The van der Waals surface area contributed by atoms with Crippen LogP contribution in [0.3, 0.4) is 0 Å². The Morgan fingerprint density at radius 1 is 1.29 bits per heavy atom. The fourth-order valence-corrected chi connectivity index (χ4v) is 3.65. The van der Waals surface area contributed by atoms with Crippen molar-refractivity contribution in [2.24, 2.45) is 0 Å². The predicted octanol–water partition coefficient (Wildman–Crippen LogP) is 1.19. The van der Waals surface area contributed by atoms with Gasteiger partial charge in [-0.05, 0) is 37.1 Å². The summed E-state index contributed by atoms with van der Waals surface area (Å²) in [6.07, 6.45) is 3.71. The molecule has 0 atom stereocenters. The molecule has 2 N–H and O–H groups in total. The van der Waals surface area contributed by atoms with Crippen molar-refractivity contribution in [1.29, 1.82) is 0 Å². The average Bonchev–Trinajstić information content (AvgIpc) is 3.14. The van der Waals surface area contributed by atoms with E-state index >= 15 is 0 Å². The Morgan fingerprint density at radius 3 is 2.67 bits per heavy atom. The van der Waals surface area contributed by atoms with Crippen molar-refractivity contribution in [3.05, 3.63) is 22.4 Å². The van der Waals surface area contributed by atoms with E-state index in [2.05, 4.69) is 16.7 Å². The summed E-state index contributed by atoms with van der Waals surface area (Å²) in [4.78, 5) is 24.9. The molecule has 2 amide bonds. The van der Waals surface area contributed by atoms with Gasteiger partial charge < -0.3 is 15.4 Å². The van der Waals surface area contributed by atoms with Crippen LogP contribution in [0.5, 0.6) is 0 Å². The summed E-state index contributed by atoms with van der Waals surface area (Å²) in [5.74, 6) is -1.03. The van der Waals surface area contributed by atoms with Gasteiger partial charge >= 0.3 is 11.8 Å². The first-order chi connectivity index (χ1) is 10.2. The Balaban J connectivity index is 1.62. The van der Waals surface area contributed by atoms with Crippen LogP contribution in [0.15, 0.2) is 17.5 Å². The van der Waals surface area contributed by atoms with E-state index in [9.17, 15) is 9.59 Å². The smallest absolute Gasteiger partial charge is 0.309 e. The number of hydrogen-bond donors (Lipinski definition) is 2. The number of thiophene rings is 1. The highest BCUT2D eigenvalue weighted by atomic mass is 32.1. The largest absolute Gasteiger partial charge is 0.381 e. The number of rotatable bonds is 4. The van der Waals surface area contributed by atoms with Crippen molar-refractivity contribution in [2.75, 3.05) is 19.8 Å². The topological polar surface area (TPSA) is 67.4 Å². The lowest BCUT2D eigenvalue weighted by atomic mass is 9.78. The number of ether oxygens (including phenoxy) is 1. The standard InChI is InChI=1S/C15H20N2O3S/c18-13(14(19)17-11-3-4-11)16-10-15(5-7-20-8-6-15)12-2-1-9-21-12/h1-2,9,11H,3-8,10H2,(H,16,18)(H,17,19). The lowest BCUT2D eigenvalue weighted by molar-refractivity contribution is -0.139. The molecule has 6 heteroatoms. The SMILES string of the molecule is O=C(NCC1(c2cccs2)CCOCC1)C(=O)NC1CC1. The summed E-state index contributed by atoms with van der Waals surface area (Å²) in [5, 5.41) is 7.58. The lowest BCUT2D eigenvalue weighted by Crippen LogP contribution is -2.48. The van der Waals surface area contributed by atoms with Gasteiger partial charge in [0.05, 0.1) is 0 Å². The second-order valence-electron chi connectivity index (χ2n) is 5.80. The Bertz CT molecular complexity index is 505. The molecule has 0 radical (unpaired) electrons. The van der Waals surface area contributed by atoms with Crippen LogP contribution in [-0.2, 0) is 19.7 Å². The summed E-state index contributed by atoms with van der Waals surface area (Å²) in [7, 11) is 0. The number of hydrogen-bond acceptors (Lipinski definition) is 4. The van der Waals surface area contributed by atoms with Crippen LogP contribution in [0.1, 0.15) is 30.6 Å². The van der Waals surface area contributed by atoms with Crippen LogP contribution in [0.25, 0.3) is 0 Å². The normalized spacial score (nSPS) is 20.8. The first kappa shape index (κ1) is 14.5. The van der Waals surface area contributed by atoms with Gasteiger partial charge in [0.2, 0.25) is 0 Å². The molecule has 1 aliphatic carbocycles. The van der Waals surface area contributed by atoms with E-state index in [1.165, 1.54) is 4.88 Å². The van der Waals surface area contributed by atoms with Gasteiger partial charge in [-0.25, -0.2) is 0 Å². The van der Waals surface area contributed by atoms with Gasteiger partial charge in [0.15, 0.2) is 0 Å². The maximum atomic E-state index is 11.9. The summed E-state index contributed by atoms with van der Waals surface area (Å²) in [6.45, 7) is 1.89. The van der Waals surface area contributed by atoms with Gasteiger partial charge in [0.1, 0.15) is 0 Å². The summed E-state index contributed by atoms with van der Waals surface area (Å²) >= 11 is 1.70. The second kappa shape index (κ2) is 6.15. The van der Waals surface area contributed by atoms with Crippen molar-refractivity contribution >= 4 is 23.2 Å². The van der Waals surface area contributed by atoms with Gasteiger partial charge in [-0.15, -0.1) is 11.3 Å². The zero-order valence-electron chi connectivity index (χ0n) is 11.9. The summed E-state index contributed by atoms with van der Waals surface area (Å²) in [6, 6.07) is 4.34. The predicted molar refractivity (Wildman–Crippen MR) is 80.2 cm³/mol. The Kier molecular flexibility index (Phi) is 4.26. The maximum absolute atomic E-state index is 11.9. The highest BCUT2D eigenvalue weighted by Gasteiger charge is 2.36. The zero-order valence-corrected chi connectivity index (χ0v) is 12.7. The molecular weight excluding hydrogens is 288 g/mol. The molecule has 1 aromatic heterocycles. The van der Waals surface area contributed by atoms with E-state index in [0.717, 1.165) is 25.7 Å². The molecule has 1 aromatic rings. The first-order valence-corrected chi connectivity index (χ1v) is 8.28. The number of carbonyl (C=O) groups is 2. The monoisotopic (exact) mass is 308 g/mol. The average molecular weight is 308 g/mol. The van der Waals surface area contributed by atoms with E-state index in [4.69, 9.17) is 4.74 Å². The molecule has 3 rings (SSSR count). The van der Waals surface area contributed by atoms with Crippen LogP contribution >= 0.6 is 11.3 Å². The third-order valence-electron chi connectivity index (χ3n) is 4.20. The molecular formula is C15H20N2O3S. The van der Waals surface area contributed by atoms with E-state index in [1.807, 2.05) is 11.4 Å². The molecule has 21 heavy (non-hydrogen) atoms. The molecule has 114 valence electrons. The highest BCUT2D eigenvalue weighted by molar-refractivity contribution is 7.10. The molecule has 1 aliphatic heterocycles. The minimum absolute atomic E-state index is 0.0953. The number of amides is 2. The van der Waals surface area contributed by atoms with Crippen LogP contribution in [0, 0.1) is 0 Å². The quantitative estimate of drug-likeness (QED) is 0.821. The van der Waals surface area contributed by atoms with Gasteiger partial charge in [-0.2, -0.15) is 0 Å². The Labute approximate surface area is 128 Å². The highest BCUT2D eigenvalue weighted by Crippen LogP contribution is 2.36. The minimum atomic E-state index is -0.524. The molecule has 0 spiro atoms. The first-order valence-electron chi connectivity index (χ1n) is 7.40. The van der Waals surface area contributed by atoms with E-state index in [1.54, 1.807) is 11.3 Å². The van der Waals surface area contributed by atoms with E-state index in [0.29, 0.717) is 19.8 Å². The molecule has 1 saturated carbocycles. The van der Waals surface area contributed by atoms with Crippen LogP contribution in [0.2, 0.25) is 0 Å². The fourth-order valence-electron chi connectivity index (χ4n) is 2.66. The van der Waals surface area contributed by atoms with E-state index < -0.39 is 11.8 Å². The fraction of sp³-hybridized carbons (Fsp3) is 0.600. The molecule has 0 aromatic carbocycles. The van der Waals surface area contributed by atoms with Gasteiger partial charge in [-0.1, -0.05) is 6.07 Å². The molecule has 2 aliphatic rings. The van der Waals surface area contributed by atoms with Crippen LogP contribution in [0.4, 0.5) is 0 Å². The third-order valence-corrected chi connectivity index (χ3v) is 5.32. The molecule has 0 unspecified atom stereocenters. The molecule has 2 heterocycles. The molecule has 1 saturated heterocycles. The summed E-state index contributed by atoms with van der Waals surface area (Å²) in [5.41, 5.74) is -0.0953. The van der Waals surface area contributed by atoms with Crippen LogP contribution in [-0.4, -0.2) is 37.6 Å². The number of carbonyl (C=O) groups excluding carboxylic acids is 2. The van der Waals surface area contributed by atoms with Crippen molar-refractivity contribution in [1.82, 2.24) is 10.6 Å². The lowest BCUT2D eigenvalue weighted by Gasteiger charge is -2.36. The Morgan fingerprint density at radius 2 is 2.05 bits per heavy atom. The second-order valence-corrected chi connectivity index (χ2v) is 6.75. The van der Waals surface area contributed by atoms with Gasteiger partial charge in [0, 0.05) is 36.1 Å². The molecule has 5 nitrogen and oxygen atoms in total. The number of nitrogens with one attached hydrogen (secondary N) is 2. The van der Waals surface area contributed by atoms with Gasteiger partial charge in [-0.3, -0.25) is 9.59 Å². The zero-order chi connectivity index (χ0) is 14.7. The van der Waals surface area contributed by atoms with Gasteiger partial charge in [0.25, 0.3) is 0 Å². The van der Waals surface area contributed by atoms with Crippen LogP contribution < -0.4 is 10.6 Å². The molecule has 0 bridgehead atoms. The van der Waals surface area contributed by atoms with Crippen molar-refractivity contribution in [3.63, 3.8) is 0 Å². The minimum Gasteiger partial charge on any atom is -0.381 e. The van der Waals surface area contributed by atoms with Crippen molar-refractivity contribution in [2.45, 2.75) is 37.1 Å². The van der Waals surface area contributed by atoms with Crippen molar-refractivity contribution < 1.29 is 14.3 Å². The summed E-state index contributed by atoms with van der Waals surface area (Å²) < 4.78 is 5.45.